The van der Waals surface area contributed by atoms with E-state index in [0.717, 1.165) is 12.8 Å². The lowest BCUT2D eigenvalue weighted by molar-refractivity contribution is -0.142. The van der Waals surface area contributed by atoms with Crippen LogP contribution in [-0.4, -0.2) is 37.6 Å². The molecule has 0 radical (unpaired) electrons. The Bertz CT molecular complexity index is 250. The molecule has 0 spiro atoms. The topological polar surface area (TPSA) is 67.4 Å². The molecule has 5 heteroatoms. The monoisotopic (exact) mass is 228 g/mol. The van der Waals surface area contributed by atoms with Gasteiger partial charge in [-0.3, -0.25) is 14.9 Å². The van der Waals surface area contributed by atoms with Crippen LogP contribution in [0.25, 0.3) is 0 Å². The van der Waals surface area contributed by atoms with Crippen molar-refractivity contribution in [3.05, 3.63) is 0 Å². The van der Waals surface area contributed by atoms with E-state index in [-0.39, 0.29) is 18.4 Å². The molecule has 5 nitrogen and oxygen atoms in total. The average molecular weight is 228 g/mol. The molecule has 1 fully saturated rings. The van der Waals surface area contributed by atoms with Crippen molar-refractivity contribution < 1.29 is 14.3 Å². The lowest BCUT2D eigenvalue weighted by atomic mass is 10.2. The molecule has 2 N–H and O–H groups in total. The summed E-state index contributed by atoms with van der Waals surface area (Å²) in [5.74, 6) is -0.406. The molecule has 0 bridgehead atoms. The molecule has 16 heavy (non-hydrogen) atoms. The second-order valence-corrected chi connectivity index (χ2v) is 4.17. The van der Waals surface area contributed by atoms with Crippen molar-refractivity contribution in [2.45, 2.75) is 44.7 Å². The number of hydrogen-bond acceptors (Lipinski definition) is 4. The summed E-state index contributed by atoms with van der Waals surface area (Å²) < 4.78 is 4.54. The maximum atomic E-state index is 11.5. The smallest absolute Gasteiger partial charge is 0.322 e. The van der Waals surface area contributed by atoms with Crippen molar-refractivity contribution in [2.75, 3.05) is 13.7 Å². The molecule has 1 aliphatic carbocycles. The lowest BCUT2D eigenvalue weighted by Crippen LogP contribution is -2.44. The standard InChI is InChI=1S/C11H20N2O3/c1-8(11(15)16-2)12-7-10(14)13-9-5-3-4-6-9/h8-9,12H,3-7H2,1-2H3,(H,13,14). The third-order valence-corrected chi connectivity index (χ3v) is 2.84. The molecule has 1 atom stereocenters. The van der Waals surface area contributed by atoms with Crippen LogP contribution in [0.4, 0.5) is 0 Å². The average Bonchev–Trinajstić information content (AvgIpc) is 2.77. The van der Waals surface area contributed by atoms with Crippen molar-refractivity contribution in [1.82, 2.24) is 10.6 Å². The maximum Gasteiger partial charge on any atom is 0.322 e. The maximum absolute atomic E-state index is 11.5. The van der Waals surface area contributed by atoms with E-state index in [1.54, 1.807) is 6.92 Å². The third kappa shape index (κ3) is 4.18. The van der Waals surface area contributed by atoms with Crippen molar-refractivity contribution >= 4 is 11.9 Å². The van der Waals surface area contributed by atoms with Gasteiger partial charge >= 0.3 is 5.97 Å². The molecule has 1 aliphatic rings. The van der Waals surface area contributed by atoms with Crippen LogP contribution >= 0.6 is 0 Å². The molecule has 92 valence electrons. The molecule has 0 aromatic carbocycles. The number of methoxy groups -OCH3 is 1. The minimum atomic E-state index is -0.445. The minimum absolute atomic E-state index is 0.0531. The fourth-order valence-electron chi connectivity index (χ4n) is 1.85. The van der Waals surface area contributed by atoms with Gasteiger partial charge in [-0.25, -0.2) is 0 Å². The molecular weight excluding hydrogens is 208 g/mol. The predicted octanol–water partition coefficient (Wildman–Crippen LogP) is 0.196. The van der Waals surface area contributed by atoms with Gasteiger partial charge in [-0.05, 0) is 19.8 Å². The summed E-state index contributed by atoms with van der Waals surface area (Å²) >= 11 is 0. The number of carbonyl (C=O) groups is 2. The van der Waals surface area contributed by atoms with Crippen LogP contribution in [0.1, 0.15) is 32.6 Å². The number of rotatable bonds is 5. The van der Waals surface area contributed by atoms with E-state index in [4.69, 9.17) is 0 Å². The number of esters is 1. The van der Waals surface area contributed by atoms with E-state index in [1.165, 1.54) is 20.0 Å². The normalized spacial score (nSPS) is 18.1. The fourth-order valence-corrected chi connectivity index (χ4v) is 1.85. The van der Waals surface area contributed by atoms with Crippen molar-refractivity contribution in [3.63, 3.8) is 0 Å². The summed E-state index contributed by atoms with van der Waals surface area (Å²) in [5.41, 5.74) is 0. The van der Waals surface area contributed by atoms with Crippen LogP contribution in [0, 0.1) is 0 Å². The number of nitrogens with one attached hydrogen (secondary N) is 2. The van der Waals surface area contributed by atoms with E-state index in [0.29, 0.717) is 6.04 Å². The molecular formula is C11H20N2O3. The predicted molar refractivity (Wildman–Crippen MR) is 59.9 cm³/mol. The van der Waals surface area contributed by atoms with Crippen molar-refractivity contribution in [1.29, 1.82) is 0 Å². The zero-order valence-electron chi connectivity index (χ0n) is 9.91. The summed E-state index contributed by atoms with van der Waals surface area (Å²) in [7, 11) is 1.33. The first-order valence-electron chi connectivity index (χ1n) is 5.74. The van der Waals surface area contributed by atoms with Crippen molar-refractivity contribution in [2.24, 2.45) is 0 Å². The Kier molecular flexibility index (Phi) is 5.25. The van der Waals surface area contributed by atoms with Crippen LogP contribution in [0.2, 0.25) is 0 Å². The Hall–Kier alpha value is -1.10. The van der Waals surface area contributed by atoms with Crippen LogP contribution in [-0.2, 0) is 14.3 Å². The molecule has 0 aromatic heterocycles. The SMILES string of the molecule is COC(=O)C(C)NCC(=O)NC1CCCC1. The Balaban J connectivity index is 2.16. The van der Waals surface area contributed by atoms with Gasteiger partial charge in [-0.2, -0.15) is 0 Å². The lowest BCUT2D eigenvalue weighted by Gasteiger charge is -2.14. The summed E-state index contributed by atoms with van der Waals surface area (Å²) in [6, 6.07) is -0.123. The molecule has 0 heterocycles. The largest absolute Gasteiger partial charge is 0.468 e. The second kappa shape index (κ2) is 6.48. The molecule has 1 rings (SSSR count). The Morgan fingerprint density at radius 2 is 2.00 bits per heavy atom. The van der Waals surface area contributed by atoms with E-state index in [2.05, 4.69) is 15.4 Å². The van der Waals surface area contributed by atoms with Gasteiger partial charge in [-0.15, -0.1) is 0 Å². The highest BCUT2D eigenvalue weighted by molar-refractivity contribution is 5.80. The fraction of sp³-hybridized carbons (Fsp3) is 0.818. The van der Waals surface area contributed by atoms with Gasteiger partial charge in [0.2, 0.25) is 5.91 Å². The summed E-state index contributed by atoms with van der Waals surface area (Å²) in [5, 5.41) is 5.76. The molecule has 0 saturated heterocycles. The first kappa shape index (κ1) is 13.0. The molecule has 0 aromatic rings. The number of carbonyl (C=O) groups excluding carboxylic acids is 2. The summed E-state index contributed by atoms with van der Waals surface area (Å²) in [4.78, 5) is 22.5. The number of ether oxygens (including phenoxy) is 1. The molecule has 1 unspecified atom stereocenters. The van der Waals surface area contributed by atoms with E-state index >= 15 is 0 Å². The zero-order chi connectivity index (χ0) is 12.0. The van der Waals surface area contributed by atoms with E-state index < -0.39 is 6.04 Å². The molecule has 1 saturated carbocycles. The third-order valence-electron chi connectivity index (χ3n) is 2.84. The highest BCUT2D eigenvalue weighted by Crippen LogP contribution is 2.17. The zero-order valence-corrected chi connectivity index (χ0v) is 9.91. The van der Waals surface area contributed by atoms with Gasteiger partial charge in [0, 0.05) is 6.04 Å². The van der Waals surface area contributed by atoms with Crippen LogP contribution < -0.4 is 10.6 Å². The highest BCUT2D eigenvalue weighted by Gasteiger charge is 2.18. The van der Waals surface area contributed by atoms with Gasteiger partial charge in [0.05, 0.1) is 13.7 Å². The second-order valence-electron chi connectivity index (χ2n) is 4.17. The van der Waals surface area contributed by atoms with E-state index in [9.17, 15) is 9.59 Å². The van der Waals surface area contributed by atoms with Gasteiger partial charge in [-0.1, -0.05) is 12.8 Å². The first-order chi connectivity index (χ1) is 7.63. The Labute approximate surface area is 95.9 Å². The van der Waals surface area contributed by atoms with Crippen LogP contribution in [0.15, 0.2) is 0 Å². The van der Waals surface area contributed by atoms with Crippen LogP contribution in [0.3, 0.4) is 0 Å². The van der Waals surface area contributed by atoms with Crippen LogP contribution in [0.5, 0.6) is 0 Å². The van der Waals surface area contributed by atoms with Gasteiger partial charge in [0.25, 0.3) is 0 Å². The summed E-state index contributed by atoms with van der Waals surface area (Å²) in [6.45, 7) is 1.83. The molecule has 0 aliphatic heterocycles. The minimum Gasteiger partial charge on any atom is -0.468 e. The Morgan fingerprint density at radius 3 is 2.56 bits per heavy atom. The quantitative estimate of drug-likeness (QED) is 0.659. The first-order valence-corrected chi connectivity index (χ1v) is 5.74. The Morgan fingerprint density at radius 1 is 1.38 bits per heavy atom. The van der Waals surface area contributed by atoms with Gasteiger partial charge in [0.1, 0.15) is 6.04 Å². The van der Waals surface area contributed by atoms with Crippen molar-refractivity contribution in [3.8, 4) is 0 Å². The highest BCUT2D eigenvalue weighted by atomic mass is 16.5. The van der Waals surface area contributed by atoms with E-state index in [1.807, 2.05) is 0 Å². The number of amides is 1. The number of hydrogen-bond donors (Lipinski definition) is 2. The molecule has 1 amide bonds. The van der Waals surface area contributed by atoms with Gasteiger partial charge in [0.15, 0.2) is 0 Å². The van der Waals surface area contributed by atoms with Gasteiger partial charge < -0.3 is 10.1 Å². The summed E-state index contributed by atoms with van der Waals surface area (Å²) in [6.07, 6.45) is 4.52.